The van der Waals surface area contributed by atoms with Gasteiger partial charge in [0.25, 0.3) is 5.88 Å². The van der Waals surface area contributed by atoms with E-state index in [2.05, 4.69) is 10.5 Å². The normalized spacial score (nSPS) is 18.2. The van der Waals surface area contributed by atoms with E-state index in [1.54, 1.807) is 18.2 Å². The average Bonchev–Trinajstić information content (AvgIpc) is 2.91. The molecule has 3 rings (SSSR count). The molecule has 0 aliphatic heterocycles. The summed E-state index contributed by atoms with van der Waals surface area (Å²) in [5, 5.41) is 6.93. The highest BCUT2D eigenvalue weighted by molar-refractivity contribution is 7.87. The minimum absolute atomic E-state index is 0.000901. The minimum atomic E-state index is -3.90. The third-order valence-corrected chi connectivity index (χ3v) is 4.81. The van der Waals surface area contributed by atoms with Crippen LogP contribution in [0, 0.1) is 0 Å². The van der Waals surface area contributed by atoms with E-state index in [0.717, 1.165) is 19.3 Å². The number of fused-ring (bicyclic) bond motifs is 1. The molecule has 1 unspecified atom stereocenters. The van der Waals surface area contributed by atoms with E-state index in [4.69, 9.17) is 8.71 Å². The summed E-state index contributed by atoms with van der Waals surface area (Å²) in [4.78, 5) is 0.0959. The van der Waals surface area contributed by atoms with Crippen molar-refractivity contribution in [2.24, 2.45) is 0 Å². The van der Waals surface area contributed by atoms with Gasteiger partial charge in [-0.1, -0.05) is 18.2 Å². The van der Waals surface area contributed by atoms with Gasteiger partial charge in [-0.2, -0.15) is 8.42 Å². The van der Waals surface area contributed by atoms with E-state index in [1.807, 2.05) is 7.05 Å². The van der Waals surface area contributed by atoms with Crippen molar-refractivity contribution in [3.8, 4) is 5.88 Å². The summed E-state index contributed by atoms with van der Waals surface area (Å²) in [6, 6.07) is 8.00. The molecule has 1 atom stereocenters. The maximum absolute atomic E-state index is 12.3. The first-order valence-corrected chi connectivity index (χ1v) is 8.18. The van der Waals surface area contributed by atoms with Crippen molar-refractivity contribution >= 4 is 10.1 Å². The third-order valence-electron chi connectivity index (χ3n) is 3.58. The minimum Gasteiger partial charge on any atom is -0.357 e. The van der Waals surface area contributed by atoms with E-state index < -0.39 is 10.1 Å². The topological polar surface area (TPSA) is 81.4 Å². The van der Waals surface area contributed by atoms with Crippen LogP contribution in [0.25, 0.3) is 0 Å². The standard InChI is InChI=1S/C14H16N2O4S/c1-15-11-8-5-9-12-13(11)14(16-19-12)20-21(17,18)10-6-3-2-4-7-10/h2-4,6-7,11,15H,5,8-9H2,1H3. The highest BCUT2D eigenvalue weighted by Gasteiger charge is 2.31. The SMILES string of the molecule is CNC1CCCc2onc(OS(=O)(=O)c3ccccc3)c21. The lowest BCUT2D eigenvalue weighted by Crippen LogP contribution is -2.22. The monoisotopic (exact) mass is 308 g/mol. The van der Waals surface area contributed by atoms with Crippen LogP contribution in [0.5, 0.6) is 5.88 Å². The number of hydrogen-bond acceptors (Lipinski definition) is 6. The first-order chi connectivity index (χ1) is 10.1. The number of nitrogens with zero attached hydrogens (tertiary/aromatic N) is 1. The smallest absolute Gasteiger partial charge is 0.340 e. The van der Waals surface area contributed by atoms with Crippen LogP contribution in [-0.4, -0.2) is 20.6 Å². The second-order valence-corrected chi connectivity index (χ2v) is 6.45. The molecule has 1 aromatic heterocycles. The molecule has 2 aromatic rings. The van der Waals surface area contributed by atoms with Gasteiger partial charge in [0, 0.05) is 12.5 Å². The van der Waals surface area contributed by atoms with Gasteiger partial charge >= 0.3 is 10.1 Å². The first kappa shape index (κ1) is 14.1. The molecule has 0 saturated carbocycles. The number of rotatable bonds is 4. The van der Waals surface area contributed by atoms with Gasteiger partial charge in [-0.3, -0.25) is 0 Å². The van der Waals surface area contributed by atoms with Gasteiger partial charge in [-0.15, -0.1) is 0 Å². The quantitative estimate of drug-likeness (QED) is 0.871. The Bertz CT molecular complexity index is 725. The van der Waals surface area contributed by atoms with Crippen LogP contribution < -0.4 is 9.50 Å². The molecule has 1 aromatic carbocycles. The summed E-state index contributed by atoms with van der Waals surface area (Å²) in [6.07, 6.45) is 2.61. The Kier molecular flexibility index (Phi) is 3.69. The van der Waals surface area contributed by atoms with Gasteiger partial charge in [0.2, 0.25) is 0 Å². The van der Waals surface area contributed by atoms with Gasteiger partial charge in [0.15, 0.2) is 0 Å². The molecule has 1 aliphatic rings. The molecular formula is C14H16N2O4S. The Morgan fingerprint density at radius 2 is 2.10 bits per heavy atom. The maximum atomic E-state index is 12.3. The molecule has 0 amide bonds. The Morgan fingerprint density at radius 3 is 2.81 bits per heavy atom. The van der Waals surface area contributed by atoms with Crippen LogP contribution in [0.15, 0.2) is 39.8 Å². The number of aryl methyl sites for hydroxylation is 1. The largest absolute Gasteiger partial charge is 0.357 e. The zero-order valence-corrected chi connectivity index (χ0v) is 12.4. The van der Waals surface area contributed by atoms with Crippen molar-refractivity contribution in [1.29, 1.82) is 0 Å². The first-order valence-electron chi connectivity index (χ1n) is 6.77. The molecule has 0 radical (unpaired) electrons. The van der Waals surface area contributed by atoms with E-state index >= 15 is 0 Å². The number of hydrogen-bond donors (Lipinski definition) is 1. The molecule has 0 fully saturated rings. The summed E-state index contributed by atoms with van der Waals surface area (Å²) in [5.41, 5.74) is 0.711. The van der Waals surface area contributed by atoms with Crippen molar-refractivity contribution in [3.05, 3.63) is 41.7 Å². The Labute approximate surface area is 123 Å². The van der Waals surface area contributed by atoms with Gasteiger partial charge < -0.3 is 14.0 Å². The summed E-state index contributed by atoms with van der Waals surface area (Å²) in [6.45, 7) is 0. The highest BCUT2D eigenvalue weighted by Crippen LogP contribution is 2.37. The van der Waals surface area contributed by atoms with E-state index in [1.165, 1.54) is 12.1 Å². The van der Waals surface area contributed by atoms with Crippen LogP contribution in [0.4, 0.5) is 0 Å². The zero-order valence-electron chi connectivity index (χ0n) is 11.6. The fourth-order valence-corrected chi connectivity index (χ4v) is 3.45. The molecule has 0 spiro atoms. The molecule has 1 N–H and O–H groups in total. The van der Waals surface area contributed by atoms with Crippen molar-refractivity contribution in [3.63, 3.8) is 0 Å². The third kappa shape index (κ3) is 2.66. The molecule has 6 nitrogen and oxygen atoms in total. The van der Waals surface area contributed by atoms with Crippen LogP contribution in [0.2, 0.25) is 0 Å². The highest BCUT2D eigenvalue weighted by atomic mass is 32.2. The number of benzene rings is 1. The second kappa shape index (κ2) is 5.50. The van der Waals surface area contributed by atoms with Gasteiger partial charge in [-0.25, -0.2) is 0 Å². The molecule has 1 heterocycles. The molecule has 1 aliphatic carbocycles. The summed E-state index contributed by atoms with van der Waals surface area (Å²) < 4.78 is 34.9. The molecule has 7 heteroatoms. The molecule has 0 saturated heterocycles. The maximum Gasteiger partial charge on any atom is 0.340 e. The van der Waals surface area contributed by atoms with E-state index in [9.17, 15) is 8.42 Å². The lowest BCUT2D eigenvalue weighted by molar-refractivity contribution is 0.348. The van der Waals surface area contributed by atoms with Crippen molar-refractivity contribution in [2.75, 3.05) is 7.05 Å². The predicted octanol–water partition coefficient (Wildman–Crippen LogP) is 2.04. The summed E-state index contributed by atoms with van der Waals surface area (Å²) in [7, 11) is -2.08. The van der Waals surface area contributed by atoms with Gasteiger partial charge in [0.1, 0.15) is 10.7 Å². The van der Waals surface area contributed by atoms with Crippen molar-refractivity contribution < 1.29 is 17.1 Å². The van der Waals surface area contributed by atoms with Crippen LogP contribution in [0.1, 0.15) is 30.2 Å². The van der Waals surface area contributed by atoms with Crippen LogP contribution in [-0.2, 0) is 16.5 Å². The summed E-state index contributed by atoms with van der Waals surface area (Å²) in [5.74, 6) is 0.728. The van der Waals surface area contributed by atoms with Gasteiger partial charge in [0.05, 0.1) is 5.56 Å². The molecule has 112 valence electrons. The van der Waals surface area contributed by atoms with E-state index in [-0.39, 0.29) is 16.8 Å². The average molecular weight is 308 g/mol. The molecule has 21 heavy (non-hydrogen) atoms. The molecule has 0 bridgehead atoms. The second-order valence-electron chi connectivity index (χ2n) is 4.91. The lowest BCUT2D eigenvalue weighted by atomic mass is 9.93. The Balaban J connectivity index is 1.95. The Morgan fingerprint density at radius 1 is 1.33 bits per heavy atom. The summed E-state index contributed by atoms with van der Waals surface area (Å²) >= 11 is 0. The van der Waals surface area contributed by atoms with Crippen molar-refractivity contribution in [2.45, 2.75) is 30.2 Å². The van der Waals surface area contributed by atoms with Crippen molar-refractivity contribution in [1.82, 2.24) is 10.5 Å². The zero-order chi connectivity index (χ0) is 14.9. The lowest BCUT2D eigenvalue weighted by Gasteiger charge is -2.20. The van der Waals surface area contributed by atoms with Crippen LogP contribution >= 0.6 is 0 Å². The van der Waals surface area contributed by atoms with Gasteiger partial charge in [-0.05, 0) is 37.2 Å². The van der Waals surface area contributed by atoms with Crippen LogP contribution in [0.3, 0.4) is 0 Å². The fraction of sp³-hybridized carbons (Fsp3) is 0.357. The fourth-order valence-electron chi connectivity index (χ4n) is 2.54. The number of nitrogens with one attached hydrogen (secondary N) is 1. The molecular weight excluding hydrogens is 292 g/mol. The predicted molar refractivity (Wildman–Crippen MR) is 75.5 cm³/mol. The van der Waals surface area contributed by atoms with E-state index in [0.29, 0.717) is 11.3 Å². The number of aromatic nitrogens is 1. The Hall–Kier alpha value is -1.86.